The van der Waals surface area contributed by atoms with E-state index in [4.69, 9.17) is 23.2 Å². The lowest BCUT2D eigenvalue weighted by Crippen LogP contribution is -2.36. The molecular formula is C25H23Cl2N3O3. The smallest absolute Gasteiger partial charge is 0.257 e. The Hall–Kier alpha value is -2.93. The third kappa shape index (κ3) is 5.90. The molecule has 2 N–H and O–H groups in total. The fourth-order valence-electron chi connectivity index (χ4n) is 3.73. The first-order chi connectivity index (χ1) is 15.9. The highest BCUT2D eigenvalue weighted by Gasteiger charge is 2.18. The van der Waals surface area contributed by atoms with Gasteiger partial charge in [-0.1, -0.05) is 35.3 Å². The van der Waals surface area contributed by atoms with Gasteiger partial charge in [0, 0.05) is 47.0 Å². The van der Waals surface area contributed by atoms with E-state index in [1.165, 1.54) is 6.20 Å². The Bertz CT molecular complexity index is 1160. The van der Waals surface area contributed by atoms with Crippen molar-refractivity contribution in [1.82, 2.24) is 4.98 Å². The van der Waals surface area contributed by atoms with Crippen molar-refractivity contribution in [1.29, 1.82) is 0 Å². The predicted octanol–water partition coefficient (Wildman–Crippen LogP) is 5.03. The van der Waals surface area contributed by atoms with E-state index in [1.54, 1.807) is 48.5 Å². The zero-order chi connectivity index (χ0) is 23.4. The fraction of sp³-hybridized carbons (Fsp3) is 0.240. The highest BCUT2D eigenvalue weighted by Crippen LogP contribution is 2.24. The monoisotopic (exact) mass is 483 g/mol. The number of amides is 1. The van der Waals surface area contributed by atoms with Gasteiger partial charge < -0.3 is 15.3 Å². The number of aliphatic hydroxyl groups is 1. The van der Waals surface area contributed by atoms with Gasteiger partial charge in [0.2, 0.25) is 0 Å². The van der Waals surface area contributed by atoms with Crippen LogP contribution in [-0.2, 0) is 6.42 Å². The maximum Gasteiger partial charge on any atom is 0.257 e. The molecule has 3 aromatic rings. The van der Waals surface area contributed by atoms with E-state index in [2.05, 4.69) is 15.2 Å². The van der Waals surface area contributed by atoms with Crippen LogP contribution in [0.1, 0.15) is 39.1 Å². The van der Waals surface area contributed by atoms with Crippen LogP contribution in [-0.4, -0.2) is 41.0 Å². The van der Waals surface area contributed by atoms with E-state index in [0.29, 0.717) is 45.3 Å². The summed E-state index contributed by atoms with van der Waals surface area (Å²) in [4.78, 5) is 31.8. The first-order valence-electron chi connectivity index (χ1n) is 10.7. The second-order valence-electron chi connectivity index (χ2n) is 7.99. The van der Waals surface area contributed by atoms with Gasteiger partial charge in [-0.2, -0.15) is 0 Å². The van der Waals surface area contributed by atoms with Crippen LogP contribution < -0.4 is 10.2 Å². The Kier molecular flexibility index (Phi) is 7.28. The average Bonchev–Trinajstić information content (AvgIpc) is 2.82. The van der Waals surface area contributed by atoms with Gasteiger partial charge in [-0.25, -0.2) is 4.98 Å². The van der Waals surface area contributed by atoms with Gasteiger partial charge in [0.1, 0.15) is 5.82 Å². The van der Waals surface area contributed by atoms with Crippen molar-refractivity contribution in [2.75, 3.05) is 23.3 Å². The van der Waals surface area contributed by atoms with Gasteiger partial charge in [-0.3, -0.25) is 9.59 Å². The third-order valence-electron chi connectivity index (χ3n) is 5.60. The van der Waals surface area contributed by atoms with Crippen molar-refractivity contribution in [3.05, 3.63) is 87.5 Å². The van der Waals surface area contributed by atoms with E-state index in [0.717, 1.165) is 18.9 Å². The molecule has 1 saturated heterocycles. The van der Waals surface area contributed by atoms with Crippen molar-refractivity contribution >= 4 is 46.4 Å². The Morgan fingerprint density at radius 1 is 1.03 bits per heavy atom. The summed E-state index contributed by atoms with van der Waals surface area (Å²) in [7, 11) is 0. The molecule has 0 aliphatic carbocycles. The average molecular weight is 484 g/mol. The normalized spacial score (nSPS) is 14.2. The number of Topliss-reactive ketones (excluding diaryl/α,β-unsaturated/α-hetero) is 1. The molecule has 2 aromatic carbocycles. The number of aliphatic hydroxyl groups excluding tert-OH is 1. The van der Waals surface area contributed by atoms with E-state index in [1.807, 2.05) is 6.07 Å². The molecule has 0 radical (unpaired) electrons. The number of nitrogens with zero attached hydrogens (tertiary/aromatic N) is 2. The third-order valence-corrected chi connectivity index (χ3v) is 6.20. The summed E-state index contributed by atoms with van der Waals surface area (Å²) < 4.78 is 0. The fourth-order valence-corrected chi connectivity index (χ4v) is 4.11. The number of hydrogen-bond donors (Lipinski definition) is 2. The Morgan fingerprint density at radius 3 is 2.52 bits per heavy atom. The number of rotatable bonds is 6. The maximum absolute atomic E-state index is 12.7. The number of aromatic nitrogens is 1. The molecule has 1 amide bonds. The van der Waals surface area contributed by atoms with Crippen molar-refractivity contribution in [2.24, 2.45) is 0 Å². The van der Waals surface area contributed by atoms with Gasteiger partial charge >= 0.3 is 0 Å². The summed E-state index contributed by atoms with van der Waals surface area (Å²) in [6.45, 7) is 1.47. The number of carbonyl (C=O) groups excluding carboxylic acids is 2. The van der Waals surface area contributed by atoms with Gasteiger partial charge in [-0.15, -0.1) is 0 Å². The lowest BCUT2D eigenvalue weighted by atomic mass is 10.0. The largest absolute Gasteiger partial charge is 0.393 e. The highest BCUT2D eigenvalue weighted by atomic mass is 35.5. The highest BCUT2D eigenvalue weighted by molar-refractivity contribution is 6.32. The van der Waals surface area contributed by atoms with Crippen LogP contribution in [0.4, 0.5) is 11.5 Å². The molecule has 8 heteroatoms. The zero-order valence-electron chi connectivity index (χ0n) is 17.8. The van der Waals surface area contributed by atoms with Crippen LogP contribution in [0.2, 0.25) is 10.0 Å². The molecule has 2 heterocycles. The van der Waals surface area contributed by atoms with Gasteiger partial charge in [0.05, 0.1) is 11.7 Å². The van der Waals surface area contributed by atoms with Crippen LogP contribution in [0.3, 0.4) is 0 Å². The molecule has 0 unspecified atom stereocenters. The second kappa shape index (κ2) is 10.3. The number of carbonyl (C=O) groups is 2. The number of halogens is 2. The molecule has 33 heavy (non-hydrogen) atoms. The lowest BCUT2D eigenvalue weighted by molar-refractivity contribution is 0.0991. The Balaban J connectivity index is 1.42. The van der Waals surface area contributed by atoms with Gasteiger partial charge in [-0.05, 0) is 60.9 Å². The molecule has 0 bridgehead atoms. The van der Waals surface area contributed by atoms with Crippen LogP contribution in [0.25, 0.3) is 0 Å². The maximum atomic E-state index is 12.7. The summed E-state index contributed by atoms with van der Waals surface area (Å²) in [6.07, 6.45) is 2.79. The molecule has 0 spiro atoms. The number of hydrogen-bond acceptors (Lipinski definition) is 5. The topological polar surface area (TPSA) is 82.5 Å². The number of pyridine rings is 1. The van der Waals surface area contributed by atoms with E-state index in [-0.39, 0.29) is 24.2 Å². The van der Waals surface area contributed by atoms with Crippen LogP contribution in [0, 0.1) is 0 Å². The molecule has 4 rings (SSSR count). The van der Waals surface area contributed by atoms with Crippen molar-refractivity contribution in [2.45, 2.75) is 25.4 Å². The number of nitrogens with one attached hydrogen (secondary N) is 1. The number of ketones is 1. The minimum atomic E-state index is -0.308. The lowest BCUT2D eigenvalue weighted by Gasteiger charge is -2.30. The molecule has 1 aliphatic heterocycles. The summed E-state index contributed by atoms with van der Waals surface area (Å²) in [6, 6.07) is 15.3. The minimum absolute atomic E-state index is 0.0870. The standard InChI is InChI=1S/C25H23Cl2N3O3/c26-19-3-1-2-16(12-19)23(32)14-18-13-20(5-6-22(18)27)29-25(33)17-4-7-24(28-15-17)30-10-8-21(31)9-11-30/h1-7,12-13,15,21,31H,8-11,14H2,(H,29,33). The minimum Gasteiger partial charge on any atom is -0.393 e. The molecule has 1 aliphatic rings. The summed E-state index contributed by atoms with van der Waals surface area (Å²) in [5, 5.41) is 13.4. The Morgan fingerprint density at radius 2 is 1.82 bits per heavy atom. The SMILES string of the molecule is O=C(Cc1cc(NC(=O)c2ccc(N3CCC(O)CC3)nc2)ccc1Cl)c1cccc(Cl)c1. The zero-order valence-corrected chi connectivity index (χ0v) is 19.3. The molecule has 170 valence electrons. The summed E-state index contributed by atoms with van der Waals surface area (Å²) in [5.74, 6) is 0.359. The number of benzene rings is 2. The van der Waals surface area contributed by atoms with E-state index in [9.17, 15) is 14.7 Å². The molecule has 0 atom stereocenters. The van der Waals surface area contributed by atoms with Crippen LogP contribution in [0.5, 0.6) is 0 Å². The molecule has 0 saturated carbocycles. The van der Waals surface area contributed by atoms with Crippen LogP contribution >= 0.6 is 23.2 Å². The quantitative estimate of drug-likeness (QED) is 0.480. The molecule has 1 fully saturated rings. The first kappa shape index (κ1) is 23.2. The number of anilines is 2. The second-order valence-corrected chi connectivity index (χ2v) is 8.84. The number of piperidine rings is 1. The molecule has 1 aromatic heterocycles. The van der Waals surface area contributed by atoms with Crippen LogP contribution in [0.15, 0.2) is 60.8 Å². The van der Waals surface area contributed by atoms with E-state index < -0.39 is 0 Å². The molecular weight excluding hydrogens is 461 g/mol. The van der Waals surface area contributed by atoms with Crippen molar-refractivity contribution in [3.63, 3.8) is 0 Å². The first-order valence-corrected chi connectivity index (χ1v) is 11.4. The predicted molar refractivity (Wildman–Crippen MR) is 131 cm³/mol. The Labute approximate surface area is 202 Å². The summed E-state index contributed by atoms with van der Waals surface area (Å²) in [5.41, 5.74) is 2.07. The van der Waals surface area contributed by atoms with Crippen molar-refractivity contribution < 1.29 is 14.7 Å². The van der Waals surface area contributed by atoms with Gasteiger partial charge in [0.25, 0.3) is 5.91 Å². The van der Waals surface area contributed by atoms with Gasteiger partial charge in [0.15, 0.2) is 5.78 Å². The van der Waals surface area contributed by atoms with E-state index >= 15 is 0 Å². The summed E-state index contributed by atoms with van der Waals surface area (Å²) >= 11 is 12.3. The van der Waals surface area contributed by atoms with Crippen molar-refractivity contribution in [3.8, 4) is 0 Å². The molecule has 6 nitrogen and oxygen atoms in total.